The maximum absolute atomic E-state index is 6.20. The van der Waals surface area contributed by atoms with Crippen LogP contribution < -0.4 is 5.73 Å². The molecule has 0 amide bonds. The third-order valence-corrected chi connectivity index (χ3v) is 2.66. The van der Waals surface area contributed by atoms with Crippen molar-refractivity contribution in [1.29, 1.82) is 0 Å². The van der Waals surface area contributed by atoms with Crippen molar-refractivity contribution in [1.82, 2.24) is 4.90 Å². The first-order valence-electron chi connectivity index (χ1n) is 5.29. The van der Waals surface area contributed by atoms with E-state index in [4.69, 9.17) is 10.5 Å². The average Bonchev–Trinajstić information content (AvgIpc) is 2.51. The summed E-state index contributed by atoms with van der Waals surface area (Å²) in [7, 11) is 0. The first-order chi connectivity index (χ1) is 6.20. The van der Waals surface area contributed by atoms with Crippen LogP contribution in [0.4, 0.5) is 0 Å². The molecule has 1 saturated heterocycles. The minimum absolute atomic E-state index is 0.0782. The molecule has 1 fully saturated rings. The predicted octanol–water partition coefficient (Wildman–Crippen LogP) is 0.836. The Morgan fingerprint density at radius 1 is 1.46 bits per heavy atom. The molecule has 0 radical (unpaired) electrons. The Bertz CT molecular complexity index is 144. The highest BCUT2D eigenvalue weighted by Gasteiger charge is 2.31. The van der Waals surface area contributed by atoms with Crippen LogP contribution in [0.15, 0.2) is 0 Å². The SMILES string of the molecule is CCCN(CC)CC1(N)CCOC1. The van der Waals surface area contributed by atoms with Crippen molar-refractivity contribution in [3.8, 4) is 0 Å². The van der Waals surface area contributed by atoms with Gasteiger partial charge in [0.1, 0.15) is 0 Å². The van der Waals surface area contributed by atoms with E-state index in [1.54, 1.807) is 0 Å². The zero-order chi connectivity index (χ0) is 9.73. The number of rotatable bonds is 5. The first kappa shape index (κ1) is 11.0. The molecule has 1 aliphatic heterocycles. The number of nitrogens with two attached hydrogens (primary N) is 1. The zero-order valence-electron chi connectivity index (χ0n) is 8.88. The number of hydrogen-bond donors (Lipinski definition) is 1. The highest BCUT2D eigenvalue weighted by molar-refractivity contribution is 4.90. The summed E-state index contributed by atoms with van der Waals surface area (Å²) in [5, 5.41) is 0. The molecule has 3 heteroatoms. The molecule has 0 aromatic heterocycles. The van der Waals surface area contributed by atoms with E-state index in [1.807, 2.05) is 0 Å². The summed E-state index contributed by atoms with van der Waals surface area (Å²) in [5.74, 6) is 0. The van der Waals surface area contributed by atoms with E-state index >= 15 is 0 Å². The maximum atomic E-state index is 6.20. The van der Waals surface area contributed by atoms with Crippen LogP contribution in [-0.4, -0.2) is 43.3 Å². The van der Waals surface area contributed by atoms with Gasteiger partial charge in [-0.25, -0.2) is 0 Å². The van der Waals surface area contributed by atoms with Crippen molar-refractivity contribution < 1.29 is 4.74 Å². The van der Waals surface area contributed by atoms with E-state index < -0.39 is 0 Å². The number of likely N-dealkylation sites (N-methyl/N-ethyl adjacent to an activating group) is 1. The summed E-state index contributed by atoms with van der Waals surface area (Å²) < 4.78 is 5.33. The van der Waals surface area contributed by atoms with Crippen molar-refractivity contribution in [2.24, 2.45) is 5.73 Å². The van der Waals surface area contributed by atoms with Gasteiger partial charge in [-0.2, -0.15) is 0 Å². The minimum Gasteiger partial charge on any atom is -0.379 e. The quantitative estimate of drug-likeness (QED) is 0.691. The minimum atomic E-state index is -0.0782. The van der Waals surface area contributed by atoms with E-state index in [-0.39, 0.29) is 5.54 Å². The van der Waals surface area contributed by atoms with Gasteiger partial charge < -0.3 is 15.4 Å². The van der Waals surface area contributed by atoms with Crippen molar-refractivity contribution in [3.63, 3.8) is 0 Å². The Kier molecular flexibility index (Phi) is 4.16. The second kappa shape index (κ2) is 4.94. The average molecular weight is 186 g/mol. The monoisotopic (exact) mass is 186 g/mol. The molecule has 0 spiro atoms. The number of hydrogen-bond acceptors (Lipinski definition) is 3. The standard InChI is InChI=1S/C10H22N2O/c1-3-6-12(4-2)8-10(11)5-7-13-9-10/h3-9,11H2,1-2H3. The van der Waals surface area contributed by atoms with E-state index in [0.717, 1.165) is 39.3 Å². The lowest BCUT2D eigenvalue weighted by Gasteiger charge is -2.30. The second-order valence-electron chi connectivity index (χ2n) is 4.03. The lowest BCUT2D eigenvalue weighted by Crippen LogP contribution is -2.50. The van der Waals surface area contributed by atoms with Crippen LogP contribution in [0.25, 0.3) is 0 Å². The van der Waals surface area contributed by atoms with Gasteiger partial charge in [0.15, 0.2) is 0 Å². The molecule has 1 heterocycles. The van der Waals surface area contributed by atoms with Gasteiger partial charge in [-0.15, -0.1) is 0 Å². The largest absolute Gasteiger partial charge is 0.379 e. The predicted molar refractivity (Wildman–Crippen MR) is 54.8 cm³/mol. The van der Waals surface area contributed by atoms with Crippen molar-refractivity contribution in [3.05, 3.63) is 0 Å². The molecule has 1 unspecified atom stereocenters. The van der Waals surface area contributed by atoms with Gasteiger partial charge in [-0.05, 0) is 25.9 Å². The van der Waals surface area contributed by atoms with Crippen molar-refractivity contribution >= 4 is 0 Å². The summed E-state index contributed by atoms with van der Waals surface area (Å²) in [6, 6.07) is 0. The number of nitrogens with zero attached hydrogens (tertiary/aromatic N) is 1. The molecule has 0 aromatic carbocycles. The Balaban J connectivity index is 2.35. The molecule has 2 N–H and O–H groups in total. The van der Waals surface area contributed by atoms with Gasteiger partial charge in [0.05, 0.1) is 12.1 Å². The van der Waals surface area contributed by atoms with Gasteiger partial charge in [-0.1, -0.05) is 13.8 Å². The molecule has 1 atom stereocenters. The molecule has 3 nitrogen and oxygen atoms in total. The summed E-state index contributed by atoms with van der Waals surface area (Å²) in [5.41, 5.74) is 6.12. The normalized spacial score (nSPS) is 28.6. The third-order valence-electron chi connectivity index (χ3n) is 2.66. The van der Waals surface area contributed by atoms with Crippen LogP contribution in [0.1, 0.15) is 26.7 Å². The summed E-state index contributed by atoms with van der Waals surface area (Å²) in [4.78, 5) is 2.41. The van der Waals surface area contributed by atoms with Gasteiger partial charge in [0.25, 0.3) is 0 Å². The van der Waals surface area contributed by atoms with E-state index in [2.05, 4.69) is 18.7 Å². The Morgan fingerprint density at radius 3 is 2.69 bits per heavy atom. The fourth-order valence-electron chi connectivity index (χ4n) is 1.86. The molecular weight excluding hydrogens is 164 g/mol. The molecule has 1 aliphatic rings. The van der Waals surface area contributed by atoms with Crippen LogP contribution >= 0.6 is 0 Å². The molecule has 13 heavy (non-hydrogen) atoms. The number of ether oxygens (including phenoxy) is 1. The highest BCUT2D eigenvalue weighted by atomic mass is 16.5. The fraction of sp³-hybridized carbons (Fsp3) is 1.00. The third kappa shape index (κ3) is 3.25. The van der Waals surface area contributed by atoms with Crippen LogP contribution in [0.3, 0.4) is 0 Å². The van der Waals surface area contributed by atoms with E-state index in [1.165, 1.54) is 6.42 Å². The summed E-state index contributed by atoms with van der Waals surface area (Å²) in [6.07, 6.45) is 2.21. The summed E-state index contributed by atoms with van der Waals surface area (Å²) >= 11 is 0. The second-order valence-corrected chi connectivity index (χ2v) is 4.03. The van der Waals surface area contributed by atoms with Crippen LogP contribution in [0, 0.1) is 0 Å². The Hall–Kier alpha value is -0.120. The summed E-state index contributed by atoms with van der Waals surface area (Å²) in [6.45, 7) is 9.18. The molecular formula is C10H22N2O. The fourth-order valence-corrected chi connectivity index (χ4v) is 1.86. The zero-order valence-corrected chi connectivity index (χ0v) is 8.88. The first-order valence-corrected chi connectivity index (χ1v) is 5.29. The molecule has 0 aliphatic carbocycles. The smallest absolute Gasteiger partial charge is 0.0659 e. The molecule has 0 saturated carbocycles. The Morgan fingerprint density at radius 2 is 2.23 bits per heavy atom. The van der Waals surface area contributed by atoms with Gasteiger partial charge in [-0.3, -0.25) is 0 Å². The van der Waals surface area contributed by atoms with Crippen LogP contribution in [-0.2, 0) is 4.74 Å². The lowest BCUT2D eigenvalue weighted by atomic mass is 9.99. The van der Waals surface area contributed by atoms with Gasteiger partial charge in [0.2, 0.25) is 0 Å². The molecule has 78 valence electrons. The Labute approximate surface area is 81.2 Å². The van der Waals surface area contributed by atoms with Gasteiger partial charge >= 0.3 is 0 Å². The molecule has 0 bridgehead atoms. The topological polar surface area (TPSA) is 38.5 Å². The van der Waals surface area contributed by atoms with E-state index in [0.29, 0.717) is 0 Å². The van der Waals surface area contributed by atoms with Gasteiger partial charge in [0, 0.05) is 13.2 Å². The lowest BCUT2D eigenvalue weighted by molar-refractivity contribution is 0.154. The molecule has 0 aromatic rings. The van der Waals surface area contributed by atoms with Crippen molar-refractivity contribution in [2.45, 2.75) is 32.2 Å². The van der Waals surface area contributed by atoms with E-state index in [9.17, 15) is 0 Å². The van der Waals surface area contributed by atoms with Crippen molar-refractivity contribution in [2.75, 3.05) is 32.8 Å². The molecule has 1 rings (SSSR count). The maximum Gasteiger partial charge on any atom is 0.0659 e. The highest BCUT2D eigenvalue weighted by Crippen LogP contribution is 2.16. The van der Waals surface area contributed by atoms with Crippen LogP contribution in [0.5, 0.6) is 0 Å². The van der Waals surface area contributed by atoms with Crippen LogP contribution in [0.2, 0.25) is 0 Å².